The summed E-state index contributed by atoms with van der Waals surface area (Å²) in [5, 5.41) is 0. The van der Waals surface area contributed by atoms with Gasteiger partial charge < -0.3 is 4.74 Å². The Hall–Kier alpha value is -1.05. The van der Waals surface area contributed by atoms with Gasteiger partial charge in [0.15, 0.2) is 0 Å². The van der Waals surface area contributed by atoms with Gasteiger partial charge in [0.1, 0.15) is 0 Å². The Morgan fingerprint density at radius 1 is 1.42 bits per heavy atom. The first-order chi connectivity index (χ1) is 5.81. The van der Waals surface area contributed by atoms with Crippen LogP contribution in [0.1, 0.15) is 25.7 Å². The van der Waals surface area contributed by atoms with Crippen LogP contribution in [0.5, 0.6) is 0 Å². The van der Waals surface area contributed by atoms with E-state index in [-0.39, 0.29) is 5.97 Å². The summed E-state index contributed by atoms with van der Waals surface area (Å²) in [6, 6.07) is 0. The van der Waals surface area contributed by atoms with E-state index in [4.69, 9.17) is 0 Å². The summed E-state index contributed by atoms with van der Waals surface area (Å²) in [6.45, 7) is 3.62. The highest BCUT2D eigenvalue weighted by atomic mass is 16.5. The molecule has 0 saturated heterocycles. The van der Waals surface area contributed by atoms with Gasteiger partial charge in [-0.3, -0.25) is 4.79 Å². The fourth-order valence-electron chi connectivity index (χ4n) is 0.761. The van der Waals surface area contributed by atoms with Crippen LogP contribution in [0.3, 0.4) is 0 Å². The monoisotopic (exact) mass is 168 g/mol. The first-order valence-corrected chi connectivity index (χ1v) is 4.14. The Balaban J connectivity index is 3.25. The maximum atomic E-state index is 10.6. The van der Waals surface area contributed by atoms with E-state index in [1.54, 1.807) is 0 Å². The zero-order valence-electron chi connectivity index (χ0n) is 7.58. The second-order valence-corrected chi connectivity index (χ2v) is 2.47. The first kappa shape index (κ1) is 11.0. The fraction of sp³-hybridized carbons (Fsp3) is 0.500. The highest BCUT2D eigenvalue weighted by Crippen LogP contribution is 1.97. The van der Waals surface area contributed by atoms with Gasteiger partial charge in [-0.15, -0.1) is 6.58 Å². The lowest BCUT2D eigenvalue weighted by Gasteiger charge is -1.92. The number of hydrogen-bond donors (Lipinski definition) is 0. The average molecular weight is 168 g/mol. The third kappa shape index (κ3) is 7.06. The van der Waals surface area contributed by atoms with Crippen molar-refractivity contribution in [2.75, 3.05) is 7.11 Å². The molecule has 2 heteroatoms. The smallest absolute Gasteiger partial charge is 0.309 e. The highest BCUT2D eigenvalue weighted by Gasteiger charge is 1.92. The van der Waals surface area contributed by atoms with Crippen molar-refractivity contribution in [1.29, 1.82) is 0 Å². The van der Waals surface area contributed by atoms with Gasteiger partial charge in [-0.1, -0.05) is 18.2 Å². The van der Waals surface area contributed by atoms with Gasteiger partial charge in [0.2, 0.25) is 0 Å². The molecule has 68 valence electrons. The van der Waals surface area contributed by atoms with Crippen LogP contribution in [0, 0.1) is 0 Å². The largest absolute Gasteiger partial charge is 0.469 e. The van der Waals surface area contributed by atoms with Crippen LogP contribution < -0.4 is 0 Å². The van der Waals surface area contributed by atoms with Crippen LogP contribution in [-0.2, 0) is 9.53 Å². The highest BCUT2D eigenvalue weighted by molar-refractivity contribution is 5.70. The quantitative estimate of drug-likeness (QED) is 0.346. The molecule has 0 amide bonds. The Morgan fingerprint density at radius 2 is 2.17 bits per heavy atom. The van der Waals surface area contributed by atoms with Crippen molar-refractivity contribution in [3.8, 4) is 0 Å². The minimum atomic E-state index is -0.185. The van der Waals surface area contributed by atoms with Crippen molar-refractivity contribution in [2.45, 2.75) is 25.7 Å². The molecule has 0 aromatic heterocycles. The van der Waals surface area contributed by atoms with Crippen LogP contribution in [0.2, 0.25) is 0 Å². The van der Waals surface area contributed by atoms with Crippen molar-refractivity contribution in [2.24, 2.45) is 0 Å². The SMILES string of the molecule is C=CCCC/C=C/CC(=O)OC. The molecule has 0 aromatic carbocycles. The predicted octanol–water partition coefficient (Wildman–Crippen LogP) is 2.46. The van der Waals surface area contributed by atoms with E-state index in [0.717, 1.165) is 19.3 Å². The zero-order valence-corrected chi connectivity index (χ0v) is 7.58. The van der Waals surface area contributed by atoms with Crippen molar-refractivity contribution in [3.05, 3.63) is 24.8 Å². The topological polar surface area (TPSA) is 26.3 Å². The fourth-order valence-corrected chi connectivity index (χ4v) is 0.761. The standard InChI is InChI=1S/C10H16O2/c1-3-4-5-6-7-8-9-10(11)12-2/h3,7-8H,1,4-6,9H2,2H3/b8-7+. The summed E-state index contributed by atoms with van der Waals surface area (Å²) in [6.07, 6.45) is 9.25. The second-order valence-electron chi connectivity index (χ2n) is 2.47. The molecule has 0 N–H and O–H groups in total. The summed E-state index contributed by atoms with van der Waals surface area (Å²) in [7, 11) is 1.40. The van der Waals surface area contributed by atoms with Crippen molar-refractivity contribution >= 4 is 5.97 Å². The molecular formula is C10H16O2. The molecule has 0 radical (unpaired) electrons. The molecule has 0 spiro atoms. The summed E-state index contributed by atoms with van der Waals surface area (Å²) in [5.74, 6) is -0.185. The minimum Gasteiger partial charge on any atom is -0.469 e. The molecule has 0 unspecified atom stereocenters. The van der Waals surface area contributed by atoms with E-state index in [0.29, 0.717) is 6.42 Å². The lowest BCUT2D eigenvalue weighted by molar-refractivity contribution is -0.139. The predicted molar refractivity (Wildman–Crippen MR) is 49.8 cm³/mol. The molecule has 0 fully saturated rings. The van der Waals surface area contributed by atoms with E-state index in [1.807, 2.05) is 18.2 Å². The van der Waals surface area contributed by atoms with Crippen LogP contribution >= 0.6 is 0 Å². The third-order valence-electron chi connectivity index (χ3n) is 1.46. The molecule has 0 aliphatic carbocycles. The molecule has 0 saturated carbocycles. The number of rotatable bonds is 6. The maximum Gasteiger partial charge on any atom is 0.309 e. The number of allylic oxidation sites excluding steroid dienone is 2. The van der Waals surface area contributed by atoms with Gasteiger partial charge in [-0.2, -0.15) is 0 Å². The minimum absolute atomic E-state index is 0.185. The number of hydrogen-bond acceptors (Lipinski definition) is 2. The van der Waals surface area contributed by atoms with Crippen LogP contribution in [-0.4, -0.2) is 13.1 Å². The molecule has 0 aliphatic rings. The van der Waals surface area contributed by atoms with Crippen LogP contribution in [0.15, 0.2) is 24.8 Å². The molecule has 0 atom stereocenters. The van der Waals surface area contributed by atoms with Crippen LogP contribution in [0.4, 0.5) is 0 Å². The molecular weight excluding hydrogens is 152 g/mol. The molecule has 0 aromatic rings. The first-order valence-electron chi connectivity index (χ1n) is 4.14. The van der Waals surface area contributed by atoms with Gasteiger partial charge in [-0.05, 0) is 19.3 Å². The number of carbonyl (C=O) groups is 1. The summed E-state index contributed by atoms with van der Waals surface area (Å²) in [4.78, 5) is 10.6. The second kappa shape index (κ2) is 8.05. The third-order valence-corrected chi connectivity index (χ3v) is 1.46. The summed E-state index contributed by atoms with van der Waals surface area (Å²) < 4.78 is 4.47. The van der Waals surface area contributed by atoms with Gasteiger partial charge >= 0.3 is 5.97 Å². The van der Waals surface area contributed by atoms with E-state index in [1.165, 1.54) is 7.11 Å². The number of ether oxygens (including phenoxy) is 1. The van der Waals surface area contributed by atoms with Crippen LogP contribution in [0.25, 0.3) is 0 Å². The lowest BCUT2D eigenvalue weighted by atomic mass is 10.2. The van der Waals surface area contributed by atoms with E-state index < -0.39 is 0 Å². The molecule has 0 rings (SSSR count). The number of carbonyl (C=O) groups excluding carboxylic acids is 1. The van der Waals surface area contributed by atoms with Gasteiger partial charge in [0, 0.05) is 0 Å². The van der Waals surface area contributed by atoms with Crippen molar-refractivity contribution < 1.29 is 9.53 Å². The average Bonchev–Trinajstić information content (AvgIpc) is 2.10. The number of methoxy groups -OCH3 is 1. The van der Waals surface area contributed by atoms with E-state index >= 15 is 0 Å². The molecule has 0 bridgehead atoms. The summed E-state index contributed by atoms with van der Waals surface area (Å²) >= 11 is 0. The summed E-state index contributed by atoms with van der Waals surface area (Å²) in [5.41, 5.74) is 0. The van der Waals surface area contributed by atoms with Crippen molar-refractivity contribution in [3.63, 3.8) is 0 Å². The van der Waals surface area contributed by atoms with E-state index in [2.05, 4.69) is 11.3 Å². The lowest BCUT2D eigenvalue weighted by Crippen LogP contribution is -1.96. The van der Waals surface area contributed by atoms with Crippen molar-refractivity contribution in [1.82, 2.24) is 0 Å². The zero-order chi connectivity index (χ0) is 9.23. The Labute approximate surface area is 73.9 Å². The number of unbranched alkanes of at least 4 members (excludes halogenated alkanes) is 2. The Morgan fingerprint density at radius 3 is 2.75 bits per heavy atom. The van der Waals surface area contributed by atoms with Gasteiger partial charge in [0.05, 0.1) is 13.5 Å². The normalized spacial score (nSPS) is 10.1. The van der Waals surface area contributed by atoms with E-state index in [9.17, 15) is 4.79 Å². The molecule has 2 nitrogen and oxygen atoms in total. The van der Waals surface area contributed by atoms with Gasteiger partial charge in [-0.25, -0.2) is 0 Å². The molecule has 0 heterocycles. The molecule has 0 aliphatic heterocycles. The molecule has 12 heavy (non-hydrogen) atoms. The van der Waals surface area contributed by atoms with Gasteiger partial charge in [0.25, 0.3) is 0 Å². The Kier molecular flexibility index (Phi) is 7.35. The Bertz CT molecular complexity index is 159. The maximum absolute atomic E-state index is 10.6. The number of esters is 1.